The van der Waals surface area contributed by atoms with E-state index in [-0.39, 0.29) is 30.3 Å². The van der Waals surface area contributed by atoms with Gasteiger partial charge in [0.1, 0.15) is 11.3 Å². The third kappa shape index (κ3) is 4.43. The molecule has 2 N–H and O–H groups in total. The first-order valence-corrected chi connectivity index (χ1v) is 9.76. The maximum absolute atomic E-state index is 12.9. The lowest BCUT2D eigenvalue weighted by atomic mass is 9.79. The number of Topliss-reactive ketones (excluding diaryl/α,β-unsaturated/α-hetero) is 3. The van der Waals surface area contributed by atoms with E-state index in [9.17, 15) is 24.6 Å². The van der Waals surface area contributed by atoms with E-state index >= 15 is 0 Å². The summed E-state index contributed by atoms with van der Waals surface area (Å²) in [5.74, 6) is -3.38. The Kier molecular flexibility index (Phi) is 7.75. The predicted octanol–water partition coefficient (Wildman–Crippen LogP) is 3.79. The Balaban J connectivity index is 3.31. The third-order valence-electron chi connectivity index (χ3n) is 5.38. The summed E-state index contributed by atoms with van der Waals surface area (Å²) in [5.41, 5.74) is -2.63. The van der Waals surface area contributed by atoms with E-state index in [0.717, 1.165) is 0 Å². The van der Waals surface area contributed by atoms with Gasteiger partial charge in [-0.1, -0.05) is 48.0 Å². The fourth-order valence-corrected chi connectivity index (χ4v) is 3.28. The zero-order chi connectivity index (χ0) is 20.2. The summed E-state index contributed by atoms with van der Waals surface area (Å²) >= 11 is 0. The average molecular weight is 366 g/mol. The summed E-state index contributed by atoms with van der Waals surface area (Å²) in [4.78, 5) is 38.3. The van der Waals surface area contributed by atoms with Gasteiger partial charge in [-0.15, -0.1) is 0 Å². The Morgan fingerprint density at radius 3 is 2.08 bits per heavy atom. The summed E-state index contributed by atoms with van der Waals surface area (Å²) in [6.07, 6.45) is 2.01. The molecule has 0 spiro atoms. The molecule has 5 heteroatoms. The molecule has 0 aromatic heterocycles. The van der Waals surface area contributed by atoms with Crippen molar-refractivity contribution < 1.29 is 24.6 Å². The molecular formula is C21H34O5. The SMILES string of the molecule is CCC(C)C(=O)C1=C(O)C(O)(C(=O)CCC(C)C)C(CCC(C)C)C1=O. The molecule has 0 aromatic carbocycles. The minimum absolute atomic E-state index is 0.0640. The quantitative estimate of drug-likeness (QED) is 0.574. The minimum atomic E-state index is -2.26. The number of carbonyl (C=O) groups excluding carboxylic acids is 3. The zero-order valence-electron chi connectivity index (χ0n) is 17.0. The standard InChI is InChI=1S/C21H34O5/c1-7-14(6)18(23)17-19(24)15(10-8-12(2)3)21(26,20(17)25)16(22)11-9-13(4)5/h12-15,25-26H,7-11H2,1-6H3. The molecule has 1 rings (SSSR count). The van der Waals surface area contributed by atoms with Gasteiger partial charge in [-0.25, -0.2) is 0 Å². The highest BCUT2D eigenvalue weighted by atomic mass is 16.3. The van der Waals surface area contributed by atoms with Crippen LogP contribution < -0.4 is 0 Å². The van der Waals surface area contributed by atoms with Crippen molar-refractivity contribution in [2.75, 3.05) is 0 Å². The zero-order valence-corrected chi connectivity index (χ0v) is 17.0. The van der Waals surface area contributed by atoms with Crippen molar-refractivity contribution in [1.29, 1.82) is 0 Å². The number of rotatable bonds is 10. The summed E-state index contributed by atoms with van der Waals surface area (Å²) in [5, 5.41) is 21.8. The van der Waals surface area contributed by atoms with Gasteiger partial charge in [-0.05, 0) is 31.1 Å². The number of hydrogen-bond donors (Lipinski definition) is 2. The highest BCUT2D eigenvalue weighted by molar-refractivity contribution is 6.26. The summed E-state index contributed by atoms with van der Waals surface area (Å²) < 4.78 is 0. The van der Waals surface area contributed by atoms with Crippen molar-refractivity contribution in [3.05, 3.63) is 11.3 Å². The molecule has 3 unspecified atom stereocenters. The third-order valence-corrected chi connectivity index (χ3v) is 5.38. The molecule has 0 saturated heterocycles. The van der Waals surface area contributed by atoms with Crippen molar-refractivity contribution in [2.45, 2.75) is 79.2 Å². The van der Waals surface area contributed by atoms with Crippen LogP contribution in [0.15, 0.2) is 11.3 Å². The molecule has 0 aromatic rings. The largest absolute Gasteiger partial charge is 0.508 e. The van der Waals surface area contributed by atoms with Crippen LogP contribution in [0.5, 0.6) is 0 Å². The van der Waals surface area contributed by atoms with Gasteiger partial charge in [0.15, 0.2) is 23.0 Å². The van der Waals surface area contributed by atoms with E-state index in [1.54, 1.807) is 6.92 Å². The van der Waals surface area contributed by atoms with Crippen molar-refractivity contribution in [3.8, 4) is 0 Å². The molecule has 5 nitrogen and oxygen atoms in total. The maximum Gasteiger partial charge on any atom is 0.190 e. The van der Waals surface area contributed by atoms with Gasteiger partial charge in [-0.3, -0.25) is 14.4 Å². The van der Waals surface area contributed by atoms with Gasteiger partial charge < -0.3 is 10.2 Å². The Morgan fingerprint density at radius 1 is 1.08 bits per heavy atom. The molecular weight excluding hydrogens is 332 g/mol. The van der Waals surface area contributed by atoms with Gasteiger partial charge >= 0.3 is 0 Å². The molecule has 26 heavy (non-hydrogen) atoms. The van der Waals surface area contributed by atoms with Gasteiger partial charge in [0.05, 0.1) is 5.92 Å². The molecule has 1 aliphatic rings. The number of hydrogen-bond acceptors (Lipinski definition) is 5. The molecule has 3 atom stereocenters. The van der Waals surface area contributed by atoms with E-state index in [4.69, 9.17) is 0 Å². The van der Waals surface area contributed by atoms with E-state index in [2.05, 4.69) is 0 Å². The van der Waals surface area contributed by atoms with Crippen LogP contribution in [0.1, 0.15) is 73.6 Å². The van der Waals surface area contributed by atoms with Crippen LogP contribution in [0.2, 0.25) is 0 Å². The average Bonchev–Trinajstić information content (AvgIpc) is 2.76. The van der Waals surface area contributed by atoms with Crippen molar-refractivity contribution in [3.63, 3.8) is 0 Å². The lowest BCUT2D eigenvalue weighted by Gasteiger charge is -2.28. The molecule has 148 valence electrons. The molecule has 0 aliphatic heterocycles. The van der Waals surface area contributed by atoms with Gasteiger partial charge in [0.25, 0.3) is 0 Å². The van der Waals surface area contributed by atoms with Gasteiger partial charge in [-0.2, -0.15) is 0 Å². The number of ketones is 3. The molecule has 0 bridgehead atoms. The maximum atomic E-state index is 12.9. The second-order valence-electron chi connectivity index (χ2n) is 8.41. The van der Waals surface area contributed by atoms with Crippen LogP contribution >= 0.6 is 0 Å². The molecule has 0 radical (unpaired) electrons. The van der Waals surface area contributed by atoms with E-state index in [0.29, 0.717) is 19.3 Å². The fourth-order valence-electron chi connectivity index (χ4n) is 3.28. The van der Waals surface area contributed by atoms with Gasteiger partial charge in [0.2, 0.25) is 0 Å². The highest BCUT2D eigenvalue weighted by Gasteiger charge is 2.58. The van der Waals surface area contributed by atoms with Crippen LogP contribution in [-0.4, -0.2) is 33.2 Å². The van der Waals surface area contributed by atoms with Crippen LogP contribution in [0.4, 0.5) is 0 Å². The summed E-state index contributed by atoms with van der Waals surface area (Å²) in [6.45, 7) is 11.4. The topological polar surface area (TPSA) is 91.7 Å². The fraction of sp³-hybridized carbons (Fsp3) is 0.762. The Morgan fingerprint density at radius 2 is 1.62 bits per heavy atom. The number of aliphatic hydroxyl groups is 2. The Hall–Kier alpha value is -1.49. The number of allylic oxidation sites excluding steroid dienone is 1. The second-order valence-corrected chi connectivity index (χ2v) is 8.41. The lowest BCUT2D eigenvalue weighted by Crippen LogP contribution is -2.47. The summed E-state index contributed by atoms with van der Waals surface area (Å²) in [7, 11) is 0. The Bertz CT molecular complexity index is 587. The minimum Gasteiger partial charge on any atom is -0.508 e. The molecule has 0 amide bonds. The number of carbonyl (C=O) groups is 3. The normalized spacial score (nSPS) is 24.7. The molecule has 0 heterocycles. The lowest BCUT2D eigenvalue weighted by molar-refractivity contribution is -0.145. The number of aliphatic hydroxyl groups excluding tert-OH is 1. The van der Waals surface area contributed by atoms with Crippen molar-refractivity contribution in [2.24, 2.45) is 23.7 Å². The smallest absolute Gasteiger partial charge is 0.190 e. The van der Waals surface area contributed by atoms with Crippen molar-refractivity contribution >= 4 is 17.3 Å². The monoisotopic (exact) mass is 366 g/mol. The van der Waals surface area contributed by atoms with Gasteiger partial charge in [0, 0.05) is 12.3 Å². The van der Waals surface area contributed by atoms with E-state index < -0.39 is 40.5 Å². The first-order chi connectivity index (χ1) is 12.0. The predicted molar refractivity (Wildman–Crippen MR) is 101 cm³/mol. The summed E-state index contributed by atoms with van der Waals surface area (Å²) in [6, 6.07) is 0. The highest BCUT2D eigenvalue weighted by Crippen LogP contribution is 2.42. The first-order valence-electron chi connectivity index (χ1n) is 9.76. The molecule has 0 saturated carbocycles. The van der Waals surface area contributed by atoms with Crippen molar-refractivity contribution in [1.82, 2.24) is 0 Å². The van der Waals surface area contributed by atoms with Crippen LogP contribution in [0.25, 0.3) is 0 Å². The van der Waals surface area contributed by atoms with E-state index in [1.165, 1.54) is 0 Å². The van der Waals surface area contributed by atoms with Crippen LogP contribution in [0.3, 0.4) is 0 Å². The first kappa shape index (κ1) is 22.6. The van der Waals surface area contributed by atoms with Crippen LogP contribution in [0, 0.1) is 23.7 Å². The molecule has 0 fully saturated rings. The Labute approximate surface area is 156 Å². The molecule has 1 aliphatic carbocycles. The van der Waals surface area contributed by atoms with E-state index in [1.807, 2.05) is 34.6 Å². The second kappa shape index (κ2) is 8.94. The van der Waals surface area contributed by atoms with Crippen LogP contribution in [-0.2, 0) is 14.4 Å².